The topological polar surface area (TPSA) is 41.3 Å². The number of thioether (sulfide) groups is 1. The molecule has 1 aliphatic rings. The zero-order valence-electron chi connectivity index (χ0n) is 12.2. The monoisotopic (exact) mass is 283 g/mol. The summed E-state index contributed by atoms with van der Waals surface area (Å²) < 4.78 is 5.43. The molecule has 108 valence electrons. The Balaban J connectivity index is 1.82. The first kappa shape index (κ1) is 14.9. The van der Waals surface area contributed by atoms with Gasteiger partial charge in [-0.2, -0.15) is 11.8 Å². The van der Waals surface area contributed by atoms with Crippen LogP contribution in [0.4, 0.5) is 0 Å². The molecule has 0 saturated carbocycles. The summed E-state index contributed by atoms with van der Waals surface area (Å²) in [5.41, 5.74) is 1.01. The van der Waals surface area contributed by atoms with E-state index in [9.17, 15) is 0 Å². The van der Waals surface area contributed by atoms with Gasteiger partial charge in [0.2, 0.25) is 0 Å². The lowest BCUT2D eigenvalue weighted by atomic mass is 10.3. The average Bonchev–Trinajstić information content (AvgIpc) is 2.76. The maximum atomic E-state index is 5.43. The number of hydrogen-bond donors (Lipinski definition) is 1. The molecular formula is C14H25N3OS. The fraction of sp³-hybridized carbons (Fsp3) is 0.786. The number of nitrogens with zero attached hydrogens (tertiary/aromatic N) is 2. The van der Waals surface area contributed by atoms with Crippen molar-refractivity contribution in [2.24, 2.45) is 0 Å². The highest BCUT2D eigenvalue weighted by molar-refractivity contribution is 8.00. The highest BCUT2D eigenvalue weighted by Crippen LogP contribution is 2.25. The van der Waals surface area contributed by atoms with Crippen molar-refractivity contribution in [3.05, 3.63) is 17.5 Å². The molecule has 1 N–H and O–H groups in total. The van der Waals surface area contributed by atoms with Crippen LogP contribution in [0, 0.1) is 0 Å². The molecule has 0 amide bonds. The van der Waals surface area contributed by atoms with Gasteiger partial charge in [-0.05, 0) is 13.0 Å². The minimum Gasteiger partial charge on any atom is -0.360 e. The van der Waals surface area contributed by atoms with Gasteiger partial charge in [0, 0.05) is 36.2 Å². The molecule has 0 spiro atoms. The van der Waals surface area contributed by atoms with Crippen LogP contribution in [-0.2, 0) is 13.1 Å². The molecule has 1 fully saturated rings. The van der Waals surface area contributed by atoms with E-state index in [0.29, 0.717) is 10.5 Å². The Bertz CT molecular complexity index is 373. The van der Waals surface area contributed by atoms with Crippen LogP contribution in [0.3, 0.4) is 0 Å². The second kappa shape index (κ2) is 7.31. The molecule has 0 bridgehead atoms. The predicted octanol–water partition coefficient (Wildman–Crippen LogP) is 2.50. The summed E-state index contributed by atoms with van der Waals surface area (Å²) in [5, 5.41) is 8.88. The quantitative estimate of drug-likeness (QED) is 0.812. The van der Waals surface area contributed by atoms with E-state index >= 15 is 0 Å². The van der Waals surface area contributed by atoms with Crippen molar-refractivity contribution in [1.82, 2.24) is 15.4 Å². The van der Waals surface area contributed by atoms with Gasteiger partial charge in [-0.3, -0.25) is 4.90 Å². The number of nitrogens with one attached hydrogen (secondary N) is 1. The Kier molecular flexibility index (Phi) is 5.73. The highest BCUT2D eigenvalue weighted by atomic mass is 32.2. The van der Waals surface area contributed by atoms with Gasteiger partial charge in [0.1, 0.15) is 0 Å². The lowest BCUT2D eigenvalue weighted by Crippen LogP contribution is -2.39. The van der Waals surface area contributed by atoms with Crippen LogP contribution >= 0.6 is 11.8 Å². The summed E-state index contributed by atoms with van der Waals surface area (Å²) in [6, 6.07) is 2.08. The van der Waals surface area contributed by atoms with Crippen LogP contribution in [0.2, 0.25) is 0 Å². The van der Waals surface area contributed by atoms with Crippen LogP contribution in [0.25, 0.3) is 0 Å². The number of hydrogen-bond acceptors (Lipinski definition) is 5. The van der Waals surface area contributed by atoms with Crippen molar-refractivity contribution in [2.75, 3.05) is 19.6 Å². The Morgan fingerprint density at radius 3 is 2.84 bits per heavy atom. The molecule has 2 rings (SSSR count). The van der Waals surface area contributed by atoms with Gasteiger partial charge in [-0.15, -0.1) is 0 Å². The summed E-state index contributed by atoms with van der Waals surface area (Å²) in [4.78, 5) is 2.47. The number of rotatable bonds is 6. The zero-order valence-corrected chi connectivity index (χ0v) is 13.0. The summed E-state index contributed by atoms with van der Waals surface area (Å²) >= 11 is 2.08. The van der Waals surface area contributed by atoms with Crippen molar-refractivity contribution in [2.45, 2.75) is 50.8 Å². The fourth-order valence-corrected chi connectivity index (χ4v) is 3.93. The largest absolute Gasteiger partial charge is 0.360 e. The SMILES string of the molecule is CCCNCc1cc(CN2CC(C)SC(C)C2)on1. The molecule has 1 aromatic rings. The third-order valence-electron chi connectivity index (χ3n) is 3.22. The molecule has 2 heterocycles. The van der Waals surface area contributed by atoms with E-state index in [1.165, 1.54) is 0 Å². The Hall–Kier alpha value is -0.520. The number of aromatic nitrogens is 1. The van der Waals surface area contributed by atoms with E-state index < -0.39 is 0 Å². The minimum atomic E-state index is 0.706. The van der Waals surface area contributed by atoms with Gasteiger partial charge < -0.3 is 9.84 Å². The van der Waals surface area contributed by atoms with Gasteiger partial charge in [0.15, 0.2) is 5.76 Å². The molecule has 19 heavy (non-hydrogen) atoms. The molecule has 5 heteroatoms. The van der Waals surface area contributed by atoms with Gasteiger partial charge >= 0.3 is 0 Å². The van der Waals surface area contributed by atoms with Crippen LogP contribution in [-0.4, -0.2) is 40.2 Å². The molecule has 1 aliphatic heterocycles. The maximum absolute atomic E-state index is 5.43. The molecule has 4 nitrogen and oxygen atoms in total. The summed E-state index contributed by atoms with van der Waals surface area (Å²) in [7, 11) is 0. The third kappa shape index (κ3) is 4.82. The van der Waals surface area contributed by atoms with E-state index in [2.05, 4.69) is 54.0 Å². The van der Waals surface area contributed by atoms with Gasteiger partial charge in [0.05, 0.1) is 12.2 Å². The van der Waals surface area contributed by atoms with Crippen LogP contribution in [0.15, 0.2) is 10.6 Å². The summed E-state index contributed by atoms with van der Waals surface area (Å²) in [6.45, 7) is 11.8. The van der Waals surface area contributed by atoms with Crippen molar-refractivity contribution >= 4 is 11.8 Å². The molecule has 1 aromatic heterocycles. The average molecular weight is 283 g/mol. The predicted molar refractivity (Wildman–Crippen MR) is 80.3 cm³/mol. The molecule has 0 aliphatic carbocycles. The first-order chi connectivity index (χ1) is 9.17. The van der Waals surface area contributed by atoms with Crippen LogP contribution in [0.5, 0.6) is 0 Å². The third-order valence-corrected chi connectivity index (χ3v) is 4.44. The lowest BCUT2D eigenvalue weighted by molar-refractivity contribution is 0.228. The van der Waals surface area contributed by atoms with Crippen molar-refractivity contribution in [3.63, 3.8) is 0 Å². The van der Waals surface area contributed by atoms with E-state index in [1.807, 2.05) is 0 Å². The molecule has 0 radical (unpaired) electrons. The van der Waals surface area contributed by atoms with Crippen LogP contribution < -0.4 is 5.32 Å². The fourth-order valence-electron chi connectivity index (χ4n) is 2.54. The Labute approximate surface area is 120 Å². The van der Waals surface area contributed by atoms with Crippen molar-refractivity contribution < 1.29 is 4.52 Å². The Morgan fingerprint density at radius 1 is 1.42 bits per heavy atom. The maximum Gasteiger partial charge on any atom is 0.151 e. The molecule has 2 atom stereocenters. The minimum absolute atomic E-state index is 0.706. The molecule has 2 unspecified atom stereocenters. The zero-order chi connectivity index (χ0) is 13.7. The van der Waals surface area contributed by atoms with Gasteiger partial charge in [0.25, 0.3) is 0 Å². The smallest absolute Gasteiger partial charge is 0.151 e. The lowest BCUT2D eigenvalue weighted by Gasteiger charge is -2.33. The summed E-state index contributed by atoms with van der Waals surface area (Å²) in [5.74, 6) is 0.986. The second-order valence-corrected chi connectivity index (χ2v) is 7.29. The molecular weight excluding hydrogens is 258 g/mol. The van der Waals surface area contributed by atoms with E-state index in [1.54, 1.807) is 0 Å². The Morgan fingerprint density at radius 2 is 2.16 bits per heavy atom. The second-order valence-electron chi connectivity index (χ2n) is 5.41. The van der Waals surface area contributed by atoms with Crippen molar-refractivity contribution in [3.8, 4) is 0 Å². The van der Waals surface area contributed by atoms with E-state index in [0.717, 1.165) is 50.6 Å². The summed E-state index contributed by atoms with van der Waals surface area (Å²) in [6.07, 6.45) is 1.14. The first-order valence-electron chi connectivity index (χ1n) is 7.20. The van der Waals surface area contributed by atoms with E-state index in [4.69, 9.17) is 4.52 Å². The first-order valence-corrected chi connectivity index (χ1v) is 8.14. The molecule has 0 aromatic carbocycles. The highest BCUT2D eigenvalue weighted by Gasteiger charge is 2.23. The van der Waals surface area contributed by atoms with Gasteiger partial charge in [-0.1, -0.05) is 25.9 Å². The van der Waals surface area contributed by atoms with Gasteiger partial charge in [-0.25, -0.2) is 0 Å². The normalized spacial score (nSPS) is 24.8. The molecule has 1 saturated heterocycles. The standard InChI is InChI=1S/C14H25N3OS/c1-4-5-15-7-13-6-14(18-16-13)10-17-8-11(2)19-12(3)9-17/h6,11-12,15H,4-5,7-10H2,1-3H3. The van der Waals surface area contributed by atoms with Crippen LogP contribution in [0.1, 0.15) is 38.6 Å². The van der Waals surface area contributed by atoms with E-state index in [-0.39, 0.29) is 0 Å². The van der Waals surface area contributed by atoms with Crippen molar-refractivity contribution in [1.29, 1.82) is 0 Å².